The number of fused-ring (bicyclic) bond motifs is 1. The van der Waals surface area contributed by atoms with Crippen LogP contribution in [0.5, 0.6) is 0 Å². The van der Waals surface area contributed by atoms with Gasteiger partial charge in [0.2, 0.25) is 0 Å². The third-order valence-corrected chi connectivity index (χ3v) is 5.58. The van der Waals surface area contributed by atoms with Gasteiger partial charge in [0, 0.05) is 34.3 Å². The van der Waals surface area contributed by atoms with Gasteiger partial charge in [0.15, 0.2) is 0 Å². The average Bonchev–Trinajstić information content (AvgIpc) is 2.84. The second-order valence-corrected chi connectivity index (χ2v) is 7.53. The van der Waals surface area contributed by atoms with Gasteiger partial charge in [-0.3, -0.25) is 10.1 Å². The van der Waals surface area contributed by atoms with E-state index in [0.29, 0.717) is 0 Å². The van der Waals surface area contributed by atoms with E-state index in [1.54, 1.807) is 12.1 Å². The van der Waals surface area contributed by atoms with Gasteiger partial charge in [-0.2, -0.15) is 5.10 Å². The number of aryl methyl sites for hydroxylation is 1. The molecule has 7 heteroatoms. The van der Waals surface area contributed by atoms with Crippen LogP contribution in [0.4, 0.5) is 11.5 Å². The first-order chi connectivity index (χ1) is 13.1. The number of benzene rings is 2. The molecule has 4 rings (SSSR count). The highest BCUT2D eigenvalue weighted by Crippen LogP contribution is 2.37. The Kier molecular flexibility index (Phi) is 4.70. The van der Waals surface area contributed by atoms with Crippen LogP contribution >= 0.6 is 15.9 Å². The number of anilines is 1. The number of nitrogens with one attached hydrogen (secondary N) is 1. The van der Waals surface area contributed by atoms with Crippen molar-refractivity contribution in [1.29, 1.82) is 0 Å². The molecule has 6 nitrogen and oxygen atoms in total. The molecule has 0 aliphatic carbocycles. The summed E-state index contributed by atoms with van der Waals surface area (Å²) in [6.45, 7) is 2.81. The molecule has 138 valence electrons. The fourth-order valence-corrected chi connectivity index (χ4v) is 3.96. The molecular formula is C20H19BrN4O2. The summed E-state index contributed by atoms with van der Waals surface area (Å²) in [4.78, 5) is 10.9. The SMILES string of the molecule is Cc1ccc([N+](=O)[O-])cc1-n1nc(-c2ccccc2Br)c2c1NCCCC2. The second-order valence-electron chi connectivity index (χ2n) is 6.68. The van der Waals surface area contributed by atoms with Crippen molar-refractivity contribution in [3.63, 3.8) is 0 Å². The van der Waals surface area contributed by atoms with Crippen molar-refractivity contribution >= 4 is 27.4 Å². The van der Waals surface area contributed by atoms with Crippen LogP contribution in [0.1, 0.15) is 24.0 Å². The van der Waals surface area contributed by atoms with Crippen LogP contribution in [0.3, 0.4) is 0 Å². The first-order valence-electron chi connectivity index (χ1n) is 8.92. The molecule has 0 atom stereocenters. The van der Waals surface area contributed by atoms with E-state index in [-0.39, 0.29) is 10.6 Å². The first-order valence-corrected chi connectivity index (χ1v) is 9.71. The fraction of sp³-hybridized carbons (Fsp3) is 0.250. The number of hydrogen-bond acceptors (Lipinski definition) is 4. The standard InChI is InChI=1S/C20H19BrN4O2/c1-13-9-10-14(25(26)27)12-18(13)24-20-16(7-4-5-11-22-20)19(23-24)15-6-2-3-8-17(15)21/h2-3,6,8-10,12,22H,4-5,7,11H2,1H3. The maximum Gasteiger partial charge on any atom is 0.271 e. The molecule has 0 bridgehead atoms. The normalized spacial score (nSPS) is 13.6. The Morgan fingerprint density at radius 2 is 2.04 bits per heavy atom. The van der Waals surface area contributed by atoms with E-state index in [2.05, 4.69) is 21.2 Å². The van der Waals surface area contributed by atoms with Crippen molar-refractivity contribution in [2.45, 2.75) is 26.2 Å². The summed E-state index contributed by atoms with van der Waals surface area (Å²) in [5.74, 6) is 0.932. The van der Waals surface area contributed by atoms with E-state index >= 15 is 0 Å². The Bertz CT molecular complexity index is 1030. The summed E-state index contributed by atoms with van der Waals surface area (Å²) in [7, 11) is 0. The van der Waals surface area contributed by atoms with Crippen molar-refractivity contribution in [3.8, 4) is 16.9 Å². The molecule has 0 fully saturated rings. The van der Waals surface area contributed by atoms with Crippen LogP contribution in [0, 0.1) is 17.0 Å². The zero-order valence-electron chi connectivity index (χ0n) is 14.9. The van der Waals surface area contributed by atoms with E-state index in [1.165, 1.54) is 6.07 Å². The lowest BCUT2D eigenvalue weighted by atomic mass is 10.0. The monoisotopic (exact) mass is 426 g/mol. The van der Waals surface area contributed by atoms with Gasteiger partial charge in [-0.05, 0) is 37.8 Å². The minimum atomic E-state index is -0.368. The maximum absolute atomic E-state index is 11.3. The number of hydrogen-bond donors (Lipinski definition) is 1. The number of nitrogens with zero attached hydrogens (tertiary/aromatic N) is 3. The Balaban J connectivity index is 1.96. The number of halogens is 1. The van der Waals surface area contributed by atoms with E-state index < -0.39 is 0 Å². The third kappa shape index (κ3) is 3.23. The fourth-order valence-electron chi connectivity index (χ4n) is 3.49. The van der Waals surface area contributed by atoms with Crippen LogP contribution in [0.15, 0.2) is 46.9 Å². The predicted octanol–water partition coefficient (Wildman–Crippen LogP) is 5.27. The second kappa shape index (κ2) is 7.15. The zero-order chi connectivity index (χ0) is 19.0. The van der Waals surface area contributed by atoms with E-state index in [9.17, 15) is 10.1 Å². The smallest absolute Gasteiger partial charge is 0.271 e. The molecule has 0 amide bonds. The van der Waals surface area contributed by atoms with Crippen LogP contribution in [-0.2, 0) is 6.42 Å². The number of aromatic nitrogens is 2. The third-order valence-electron chi connectivity index (χ3n) is 4.89. The molecule has 3 aromatic rings. The summed E-state index contributed by atoms with van der Waals surface area (Å²) >= 11 is 3.63. The molecule has 1 aliphatic rings. The highest BCUT2D eigenvalue weighted by molar-refractivity contribution is 9.10. The predicted molar refractivity (Wildman–Crippen MR) is 110 cm³/mol. The van der Waals surface area contributed by atoms with Crippen molar-refractivity contribution in [1.82, 2.24) is 9.78 Å². The summed E-state index contributed by atoms with van der Waals surface area (Å²) in [6, 6.07) is 12.9. The molecule has 2 heterocycles. The Hall–Kier alpha value is -2.67. The molecule has 0 unspecified atom stereocenters. The number of nitro groups is 1. The minimum absolute atomic E-state index is 0.0657. The molecule has 1 aromatic heterocycles. The van der Waals surface area contributed by atoms with E-state index in [1.807, 2.05) is 35.9 Å². The van der Waals surface area contributed by atoms with Gasteiger partial charge in [-0.1, -0.05) is 40.2 Å². The topological polar surface area (TPSA) is 73.0 Å². The quantitative estimate of drug-likeness (QED) is 0.457. The lowest BCUT2D eigenvalue weighted by Gasteiger charge is -2.11. The first kappa shape index (κ1) is 17.7. The van der Waals surface area contributed by atoms with Crippen molar-refractivity contribution in [3.05, 3.63) is 68.2 Å². The number of non-ortho nitro benzene ring substituents is 1. The van der Waals surface area contributed by atoms with Crippen molar-refractivity contribution in [2.75, 3.05) is 11.9 Å². The molecule has 1 aliphatic heterocycles. The van der Waals surface area contributed by atoms with E-state index in [0.717, 1.165) is 64.2 Å². The van der Waals surface area contributed by atoms with Gasteiger partial charge in [-0.15, -0.1) is 0 Å². The average molecular weight is 427 g/mol. The molecule has 0 radical (unpaired) electrons. The molecule has 0 saturated carbocycles. The molecule has 2 aromatic carbocycles. The van der Waals surface area contributed by atoms with E-state index in [4.69, 9.17) is 5.10 Å². The molecule has 0 saturated heterocycles. The largest absolute Gasteiger partial charge is 0.370 e. The number of rotatable bonds is 3. The summed E-state index contributed by atoms with van der Waals surface area (Å²) in [5, 5.41) is 19.7. The van der Waals surface area contributed by atoms with Gasteiger partial charge >= 0.3 is 0 Å². The van der Waals surface area contributed by atoms with Crippen LogP contribution in [0.2, 0.25) is 0 Å². The lowest BCUT2D eigenvalue weighted by molar-refractivity contribution is -0.384. The number of nitro benzene ring substituents is 1. The summed E-state index contributed by atoms with van der Waals surface area (Å²) in [6.07, 6.45) is 3.09. The zero-order valence-corrected chi connectivity index (χ0v) is 16.5. The maximum atomic E-state index is 11.3. The van der Waals surface area contributed by atoms with Gasteiger partial charge in [0.1, 0.15) is 5.82 Å². The van der Waals surface area contributed by atoms with Gasteiger partial charge in [-0.25, -0.2) is 4.68 Å². The molecule has 0 spiro atoms. The molecule has 1 N–H and O–H groups in total. The Labute approximate surface area is 165 Å². The summed E-state index contributed by atoms with van der Waals surface area (Å²) in [5.41, 5.74) is 4.84. The van der Waals surface area contributed by atoms with Crippen molar-refractivity contribution < 1.29 is 4.92 Å². The van der Waals surface area contributed by atoms with Gasteiger partial charge in [0.25, 0.3) is 5.69 Å². The van der Waals surface area contributed by atoms with Crippen LogP contribution in [0.25, 0.3) is 16.9 Å². The highest BCUT2D eigenvalue weighted by Gasteiger charge is 2.24. The summed E-state index contributed by atoms with van der Waals surface area (Å²) < 4.78 is 2.81. The van der Waals surface area contributed by atoms with Gasteiger partial charge < -0.3 is 5.32 Å². The molecular weight excluding hydrogens is 408 g/mol. The van der Waals surface area contributed by atoms with Crippen LogP contribution in [-0.4, -0.2) is 21.2 Å². The Morgan fingerprint density at radius 3 is 2.81 bits per heavy atom. The van der Waals surface area contributed by atoms with Crippen molar-refractivity contribution in [2.24, 2.45) is 0 Å². The molecule has 27 heavy (non-hydrogen) atoms. The van der Waals surface area contributed by atoms with Gasteiger partial charge in [0.05, 0.1) is 16.3 Å². The lowest BCUT2D eigenvalue weighted by Crippen LogP contribution is -2.08. The highest BCUT2D eigenvalue weighted by atomic mass is 79.9. The minimum Gasteiger partial charge on any atom is -0.370 e. The Morgan fingerprint density at radius 1 is 1.22 bits per heavy atom. The van der Waals surface area contributed by atoms with Crippen LogP contribution < -0.4 is 5.32 Å².